The second-order valence-electron chi connectivity index (χ2n) is 7.66. The molecule has 2 aromatic heterocycles. The summed E-state index contributed by atoms with van der Waals surface area (Å²) in [4.78, 5) is 6.34. The number of hydrogen-bond donors (Lipinski definition) is 0. The number of halogens is 2. The first-order valence-electron chi connectivity index (χ1n) is 11.0. The third kappa shape index (κ3) is 3.02. The largest absolute Gasteiger partial charge is 0.481 e. The number of rotatable bonds is 6. The van der Waals surface area contributed by atoms with E-state index in [1.807, 2.05) is 0 Å². The number of fused-ring (bicyclic) bond motifs is 1. The lowest BCUT2D eigenvalue weighted by Crippen LogP contribution is -2.29. The first kappa shape index (κ1) is 16.0. The predicted octanol–water partition coefficient (Wildman–Crippen LogP) is 3.39. The third-order valence-electron chi connectivity index (χ3n) is 6.00. The Labute approximate surface area is 182 Å². The van der Waals surface area contributed by atoms with Gasteiger partial charge >= 0.3 is 0 Å². The van der Waals surface area contributed by atoms with Crippen LogP contribution in [0, 0.1) is 11.7 Å². The summed E-state index contributed by atoms with van der Waals surface area (Å²) < 4.78 is 47.5. The molecule has 1 aliphatic heterocycles. The van der Waals surface area contributed by atoms with Gasteiger partial charge in [-0.15, -0.1) is 10.2 Å². The summed E-state index contributed by atoms with van der Waals surface area (Å²) in [5.74, 6) is 1.32. The summed E-state index contributed by atoms with van der Waals surface area (Å²) in [6, 6.07) is 8.04. The molecule has 5 rings (SSSR count). The monoisotopic (exact) mass is 432 g/mol. The first-order chi connectivity index (χ1) is 15.7. The Hall–Kier alpha value is -2.71. The van der Waals surface area contributed by atoms with Crippen LogP contribution in [0.3, 0.4) is 0 Å². The van der Waals surface area contributed by atoms with E-state index in [2.05, 4.69) is 20.1 Å². The van der Waals surface area contributed by atoms with Crippen LogP contribution in [0.5, 0.6) is 5.88 Å². The quantitative estimate of drug-likeness (QED) is 0.595. The van der Waals surface area contributed by atoms with Crippen molar-refractivity contribution in [1.82, 2.24) is 19.7 Å². The standard InChI is InChI=1S/C21H21ClFN5O2/c1-29-11-18-25-26-20(28(18)15-4-6-19(30-2)24-9-15)27-10-13-8-21(13,12-27)16-5-3-14(23)7-17(16)22/h3-7,9,13H,8,10-12H2,1-2H3/t13-,21-/m0/s1/i1D3. The normalized spacial score (nSPS) is 24.2. The maximum absolute atomic E-state index is 13.6. The molecule has 1 saturated heterocycles. The number of nitrogens with zero attached hydrogens (tertiary/aromatic N) is 5. The van der Waals surface area contributed by atoms with Gasteiger partial charge in [0, 0.05) is 36.6 Å². The highest BCUT2D eigenvalue weighted by Gasteiger charge is 2.62. The molecule has 9 heteroatoms. The van der Waals surface area contributed by atoms with Crippen molar-refractivity contribution in [3.05, 3.63) is 58.8 Å². The molecule has 30 heavy (non-hydrogen) atoms. The summed E-state index contributed by atoms with van der Waals surface area (Å²) >= 11 is 6.38. The second kappa shape index (κ2) is 7.21. The van der Waals surface area contributed by atoms with Crippen LogP contribution in [0.15, 0.2) is 36.5 Å². The topological polar surface area (TPSA) is 65.3 Å². The Balaban J connectivity index is 1.49. The fraction of sp³-hybridized carbons (Fsp3) is 0.381. The van der Waals surface area contributed by atoms with E-state index in [0.29, 0.717) is 40.8 Å². The number of ether oxygens (including phenoxy) is 2. The summed E-state index contributed by atoms with van der Waals surface area (Å²) in [5, 5.41) is 8.99. The first-order valence-corrected chi connectivity index (χ1v) is 9.87. The number of benzene rings is 1. The highest BCUT2D eigenvalue weighted by atomic mass is 35.5. The van der Waals surface area contributed by atoms with Crippen molar-refractivity contribution in [1.29, 1.82) is 0 Å². The molecular weight excluding hydrogens is 409 g/mol. The van der Waals surface area contributed by atoms with Gasteiger partial charge in [0.1, 0.15) is 12.4 Å². The second-order valence-corrected chi connectivity index (χ2v) is 8.07. The lowest BCUT2D eigenvalue weighted by atomic mass is 9.95. The Morgan fingerprint density at radius 1 is 1.33 bits per heavy atom. The minimum Gasteiger partial charge on any atom is -0.481 e. The highest BCUT2D eigenvalue weighted by Crippen LogP contribution is 2.60. The van der Waals surface area contributed by atoms with Gasteiger partial charge in [-0.1, -0.05) is 17.7 Å². The summed E-state index contributed by atoms with van der Waals surface area (Å²) in [6.07, 6.45) is 2.57. The van der Waals surface area contributed by atoms with Crippen LogP contribution < -0.4 is 9.64 Å². The predicted molar refractivity (Wildman–Crippen MR) is 110 cm³/mol. The van der Waals surface area contributed by atoms with Crippen molar-refractivity contribution in [2.45, 2.75) is 18.4 Å². The van der Waals surface area contributed by atoms with Gasteiger partial charge in [-0.2, -0.15) is 0 Å². The van der Waals surface area contributed by atoms with E-state index < -0.39 is 7.04 Å². The number of aromatic nitrogens is 4. The van der Waals surface area contributed by atoms with Crippen LogP contribution in [-0.2, 0) is 16.8 Å². The van der Waals surface area contributed by atoms with Crippen LogP contribution in [0.1, 0.15) is 21.9 Å². The molecule has 156 valence electrons. The molecule has 1 aromatic carbocycles. The van der Waals surface area contributed by atoms with E-state index in [1.54, 1.807) is 29.0 Å². The van der Waals surface area contributed by atoms with Crippen LogP contribution in [0.4, 0.5) is 10.3 Å². The molecular formula is C21H21ClFN5O2. The van der Waals surface area contributed by atoms with E-state index in [0.717, 1.165) is 18.5 Å². The Morgan fingerprint density at radius 2 is 2.23 bits per heavy atom. The van der Waals surface area contributed by atoms with Crippen LogP contribution in [0.25, 0.3) is 5.69 Å². The van der Waals surface area contributed by atoms with Crippen molar-refractivity contribution in [2.24, 2.45) is 5.92 Å². The lowest BCUT2D eigenvalue weighted by molar-refractivity contribution is 0.176. The van der Waals surface area contributed by atoms with Gasteiger partial charge in [0.05, 0.1) is 23.1 Å². The molecule has 0 radical (unpaired) electrons. The number of methoxy groups -OCH3 is 2. The van der Waals surface area contributed by atoms with Crippen molar-refractivity contribution >= 4 is 17.5 Å². The van der Waals surface area contributed by atoms with Gasteiger partial charge in [0.25, 0.3) is 0 Å². The van der Waals surface area contributed by atoms with E-state index in [9.17, 15) is 4.39 Å². The summed E-state index contributed by atoms with van der Waals surface area (Å²) in [7, 11) is -1.04. The van der Waals surface area contributed by atoms with E-state index in [4.69, 9.17) is 25.2 Å². The molecule has 3 heterocycles. The van der Waals surface area contributed by atoms with Crippen LogP contribution >= 0.6 is 11.6 Å². The molecule has 0 unspecified atom stereocenters. The molecule has 2 aliphatic rings. The zero-order chi connectivity index (χ0) is 23.4. The van der Waals surface area contributed by atoms with Gasteiger partial charge in [-0.25, -0.2) is 9.37 Å². The lowest BCUT2D eigenvalue weighted by Gasteiger charge is -2.23. The molecule has 0 spiro atoms. The van der Waals surface area contributed by atoms with Crippen LogP contribution in [-0.4, -0.2) is 47.0 Å². The smallest absolute Gasteiger partial charge is 0.232 e. The van der Waals surface area contributed by atoms with Crippen LogP contribution in [0.2, 0.25) is 5.02 Å². The number of piperidine rings is 1. The summed E-state index contributed by atoms with van der Waals surface area (Å²) in [6.45, 7) is 1.10. The maximum atomic E-state index is 13.6. The number of pyridine rings is 1. The molecule has 0 amide bonds. The number of hydrogen-bond acceptors (Lipinski definition) is 6. The van der Waals surface area contributed by atoms with Gasteiger partial charge in [0.2, 0.25) is 11.8 Å². The summed E-state index contributed by atoms with van der Waals surface area (Å²) in [5.41, 5.74) is 1.41. The average molecular weight is 433 g/mol. The zero-order valence-corrected chi connectivity index (χ0v) is 16.9. The van der Waals surface area contributed by atoms with Crippen molar-refractivity contribution in [3.63, 3.8) is 0 Å². The van der Waals surface area contributed by atoms with E-state index in [-0.39, 0.29) is 17.8 Å². The minimum atomic E-state index is -2.56. The molecule has 3 aromatic rings. The number of anilines is 1. The minimum absolute atomic E-state index is 0.172. The third-order valence-corrected chi connectivity index (χ3v) is 6.31. The Morgan fingerprint density at radius 3 is 2.97 bits per heavy atom. The molecule has 1 saturated carbocycles. The molecule has 2 atom stereocenters. The zero-order valence-electron chi connectivity index (χ0n) is 19.2. The molecule has 1 aliphatic carbocycles. The van der Waals surface area contributed by atoms with Gasteiger partial charge in [-0.3, -0.25) is 4.57 Å². The molecule has 2 fully saturated rings. The van der Waals surface area contributed by atoms with E-state index in [1.165, 1.54) is 19.2 Å². The fourth-order valence-electron chi connectivity index (χ4n) is 4.51. The Kier molecular flexibility index (Phi) is 3.86. The van der Waals surface area contributed by atoms with E-state index >= 15 is 0 Å². The van der Waals surface area contributed by atoms with Crippen molar-refractivity contribution in [2.75, 3.05) is 32.1 Å². The average Bonchev–Trinajstić information content (AvgIpc) is 3.12. The highest BCUT2D eigenvalue weighted by molar-refractivity contribution is 6.31. The maximum Gasteiger partial charge on any atom is 0.232 e. The Bertz CT molecular complexity index is 1190. The van der Waals surface area contributed by atoms with Gasteiger partial charge < -0.3 is 14.4 Å². The fourth-order valence-corrected chi connectivity index (χ4v) is 4.86. The molecule has 7 nitrogen and oxygen atoms in total. The van der Waals surface area contributed by atoms with Crippen molar-refractivity contribution < 1.29 is 18.0 Å². The molecule has 0 N–H and O–H groups in total. The SMILES string of the molecule is [2H]C([2H])([2H])OCc1nnc(N2C[C@@H]3C[C@]3(c3ccc(F)cc3Cl)C2)n1-c1ccc(OC)nc1. The van der Waals surface area contributed by atoms with Crippen molar-refractivity contribution in [3.8, 4) is 11.6 Å². The van der Waals surface area contributed by atoms with Gasteiger partial charge in [0.15, 0.2) is 5.82 Å². The molecule has 0 bridgehead atoms. The van der Waals surface area contributed by atoms with Gasteiger partial charge in [-0.05, 0) is 36.1 Å².